The van der Waals surface area contributed by atoms with Gasteiger partial charge in [0.05, 0.1) is 18.5 Å². The largest absolute Gasteiger partial charge is 0.466 e. The van der Waals surface area contributed by atoms with Crippen LogP contribution in [0.15, 0.2) is 42.7 Å². The maximum absolute atomic E-state index is 11.8. The number of benzene rings is 1. The van der Waals surface area contributed by atoms with Crippen molar-refractivity contribution >= 4 is 11.9 Å². The molecule has 1 aromatic carbocycles. The molecule has 0 aliphatic heterocycles. The van der Waals surface area contributed by atoms with Gasteiger partial charge in [-0.1, -0.05) is 18.2 Å². The summed E-state index contributed by atoms with van der Waals surface area (Å²) in [6.07, 6.45) is 5.68. The molecule has 6 heteroatoms. The molecule has 2 rings (SSSR count). The number of nitrogens with zero attached hydrogens (tertiary/aromatic N) is 2. The van der Waals surface area contributed by atoms with Crippen LogP contribution in [-0.2, 0) is 20.7 Å². The summed E-state index contributed by atoms with van der Waals surface area (Å²) in [6, 6.07) is 9.83. The van der Waals surface area contributed by atoms with E-state index in [9.17, 15) is 9.59 Å². The van der Waals surface area contributed by atoms with Gasteiger partial charge in [0.1, 0.15) is 0 Å². The van der Waals surface area contributed by atoms with Crippen LogP contribution in [0.1, 0.15) is 31.7 Å². The normalized spacial score (nSPS) is 10.4. The van der Waals surface area contributed by atoms with E-state index in [1.807, 2.05) is 36.5 Å². The molecule has 0 bridgehead atoms. The maximum Gasteiger partial charge on any atom is 0.305 e. The Morgan fingerprint density at radius 2 is 2.00 bits per heavy atom. The highest BCUT2D eigenvalue weighted by Crippen LogP contribution is 2.09. The monoisotopic (exact) mass is 329 g/mol. The van der Waals surface area contributed by atoms with Crippen LogP contribution in [0.5, 0.6) is 0 Å². The Bertz CT molecular complexity index is 653. The first-order valence-corrected chi connectivity index (χ1v) is 8.20. The molecule has 6 nitrogen and oxygen atoms in total. The highest BCUT2D eigenvalue weighted by Gasteiger charge is 2.06. The van der Waals surface area contributed by atoms with Crippen molar-refractivity contribution < 1.29 is 14.3 Å². The van der Waals surface area contributed by atoms with Crippen molar-refractivity contribution in [3.05, 3.63) is 48.3 Å². The number of amides is 1. The summed E-state index contributed by atoms with van der Waals surface area (Å²) in [7, 11) is 0. The Balaban J connectivity index is 1.67. The zero-order valence-corrected chi connectivity index (χ0v) is 13.9. The van der Waals surface area contributed by atoms with Crippen molar-refractivity contribution in [2.45, 2.75) is 32.6 Å². The molecule has 2 aromatic rings. The molecular weight excluding hydrogens is 306 g/mol. The van der Waals surface area contributed by atoms with Crippen molar-refractivity contribution in [3.63, 3.8) is 0 Å². The lowest BCUT2D eigenvalue weighted by Gasteiger charge is -2.04. The Morgan fingerprint density at radius 3 is 2.75 bits per heavy atom. The van der Waals surface area contributed by atoms with E-state index in [2.05, 4.69) is 10.4 Å². The first-order chi connectivity index (χ1) is 11.7. The van der Waals surface area contributed by atoms with Crippen molar-refractivity contribution in [1.29, 1.82) is 0 Å². The summed E-state index contributed by atoms with van der Waals surface area (Å²) < 4.78 is 6.63. The van der Waals surface area contributed by atoms with E-state index in [0.717, 1.165) is 11.3 Å². The summed E-state index contributed by atoms with van der Waals surface area (Å²) in [4.78, 5) is 23.0. The Kier molecular flexibility index (Phi) is 7.01. The lowest BCUT2D eigenvalue weighted by molar-refractivity contribution is -0.143. The first-order valence-electron chi connectivity index (χ1n) is 8.20. The van der Waals surface area contributed by atoms with Gasteiger partial charge in [-0.15, -0.1) is 0 Å². The van der Waals surface area contributed by atoms with E-state index in [1.165, 1.54) is 0 Å². The first kappa shape index (κ1) is 17.7. The average molecular weight is 329 g/mol. The van der Waals surface area contributed by atoms with E-state index in [0.29, 0.717) is 38.8 Å². The topological polar surface area (TPSA) is 73.2 Å². The van der Waals surface area contributed by atoms with Gasteiger partial charge in [-0.25, -0.2) is 4.68 Å². The van der Waals surface area contributed by atoms with Crippen molar-refractivity contribution in [3.8, 4) is 5.69 Å². The van der Waals surface area contributed by atoms with Gasteiger partial charge in [0.25, 0.3) is 0 Å². The molecule has 0 atom stereocenters. The second kappa shape index (κ2) is 9.50. The highest BCUT2D eigenvalue weighted by molar-refractivity contribution is 5.76. The summed E-state index contributed by atoms with van der Waals surface area (Å²) in [5.74, 6) is -0.244. The van der Waals surface area contributed by atoms with Gasteiger partial charge in [-0.3, -0.25) is 9.59 Å². The van der Waals surface area contributed by atoms with Crippen molar-refractivity contribution in [2.75, 3.05) is 13.2 Å². The number of esters is 1. The Labute approximate surface area is 141 Å². The van der Waals surface area contributed by atoms with Crippen molar-refractivity contribution in [1.82, 2.24) is 15.1 Å². The number of aryl methyl sites for hydroxylation is 1. The number of hydrogen-bond acceptors (Lipinski definition) is 4. The Hall–Kier alpha value is -2.63. The molecule has 1 N–H and O–H groups in total. The van der Waals surface area contributed by atoms with E-state index < -0.39 is 0 Å². The highest BCUT2D eigenvalue weighted by atomic mass is 16.5. The predicted octanol–water partition coefficient (Wildman–Crippen LogP) is 2.26. The quantitative estimate of drug-likeness (QED) is 0.566. The van der Waals surface area contributed by atoms with Crippen molar-refractivity contribution in [2.24, 2.45) is 0 Å². The molecule has 0 saturated carbocycles. The molecular formula is C18H23N3O3. The number of ether oxygens (including phenoxy) is 1. The Morgan fingerprint density at radius 1 is 1.21 bits per heavy atom. The minimum atomic E-state index is -0.222. The van der Waals surface area contributed by atoms with Gasteiger partial charge in [-0.05, 0) is 37.5 Å². The van der Waals surface area contributed by atoms with Gasteiger partial charge >= 0.3 is 5.97 Å². The lowest BCUT2D eigenvalue weighted by Crippen LogP contribution is -2.25. The summed E-state index contributed by atoms with van der Waals surface area (Å²) >= 11 is 0. The second-order valence-electron chi connectivity index (χ2n) is 5.39. The number of nitrogens with one attached hydrogen (secondary N) is 1. The van der Waals surface area contributed by atoms with Gasteiger partial charge in [-0.2, -0.15) is 5.10 Å². The molecule has 128 valence electrons. The fraction of sp³-hybridized carbons (Fsp3) is 0.389. The van der Waals surface area contributed by atoms with E-state index in [1.54, 1.807) is 17.8 Å². The van der Waals surface area contributed by atoms with Crippen LogP contribution in [0.4, 0.5) is 0 Å². The van der Waals surface area contributed by atoms with Gasteiger partial charge in [0.15, 0.2) is 0 Å². The van der Waals surface area contributed by atoms with E-state index >= 15 is 0 Å². The average Bonchev–Trinajstić information content (AvgIpc) is 3.07. The number of hydrogen-bond donors (Lipinski definition) is 1. The SMILES string of the molecule is CCOC(=O)CCCNC(=O)CCc1cnn(-c2ccccc2)c1. The molecule has 1 amide bonds. The van der Waals surface area contributed by atoms with Crippen LogP contribution in [-0.4, -0.2) is 34.8 Å². The van der Waals surface area contributed by atoms with Gasteiger partial charge < -0.3 is 10.1 Å². The van der Waals surface area contributed by atoms with Crippen LogP contribution in [0.3, 0.4) is 0 Å². The molecule has 0 aliphatic rings. The molecule has 0 aliphatic carbocycles. The van der Waals surface area contributed by atoms with Crippen LogP contribution in [0, 0.1) is 0 Å². The zero-order chi connectivity index (χ0) is 17.2. The minimum absolute atomic E-state index is 0.0219. The standard InChI is InChI=1S/C18H23N3O3/c1-2-24-18(23)9-6-12-19-17(22)11-10-15-13-20-21(14-15)16-7-4-3-5-8-16/h3-5,7-8,13-14H,2,6,9-12H2,1H3,(H,19,22). The fourth-order valence-corrected chi connectivity index (χ4v) is 2.25. The van der Waals surface area contributed by atoms with Crippen LogP contribution in [0.25, 0.3) is 5.69 Å². The summed E-state index contributed by atoms with van der Waals surface area (Å²) in [5, 5.41) is 7.13. The zero-order valence-electron chi connectivity index (χ0n) is 13.9. The van der Waals surface area contributed by atoms with Gasteiger partial charge in [0.2, 0.25) is 5.91 Å². The molecule has 0 spiro atoms. The second-order valence-corrected chi connectivity index (χ2v) is 5.39. The minimum Gasteiger partial charge on any atom is -0.466 e. The smallest absolute Gasteiger partial charge is 0.305 e. The van der Waals surface area contributed by atoms with Crippen LogP contribution >= 0.6 is 0 Å². The molecule has 0 fully saturated rings. The number of carbonyl (C=O) groups is 2. The van der Waals surface area contributed by atoms with E-state index in [-0.39, 0.29) is 11.9 Å². The molecule has 0 unspecified atom stereocenters. The molecule has 24 heavy (non-hydrogen) atoms. The molecule has 0 saturated heterocycles. The molecule has 1 aromatic heterocycles. The number of aromatic nitrogens is 2. The predicted molar refractivity (Wildman–Crippen MR) is 90.8 cm³/mol. The van der Waals surface area contributed by atoms with Gasteiger partial charge in [0, 0.05) is 25.6 Å². The number of rotatable bonds is 9. The lowest BCUT2D eigenvalue weighted by atomic mass is 10.2. The molecule has 0 radical (unpaired) electrons. The fourth-order valence-electron chi connectivity index (χ4n) is 2.25. The summed E-state index contributed by atoms with van der Waals surface area (Å²) in [6.45, 7) is 2.66. The third-order valence-electron chi connectivity index (χ3n) is 3.48. The van der Waals surface area contributed by atoms with E-state index in [4.69, 9.17) is 4.74 Å². The number of para-hydroxylation sites is 1. The van der Waals surface area contributed by atoms with Crippen LogP contribution < -0.4 is 5.32 Å². The maximum atomic E-state index is 11.8. The number of carbonyl (C=O) groups excluding carboxylic acids is 2. The third kappa shape index (κ3) is 5.87. The third-order valence-corrected chi connectivity index (χ3v) is 3.48. The molecule has 1 heterocycles. The summed E-state index contributed by atoms with van der Waals surface area (Å²) in [5.41, 5.74) is 2.01. The van der Waals surface area contributed by atoms with Crippen LogP contribution in [0.2, 0.25) is 0 Å².